The molecule has 0 atom stereocenters. The molecule has 2 aromatic heterocycles. The first-order valence-corrected chi connectivity index (χ1v) is 12.6. The Morgan fingerprint density at radius 1 is 1.08 bits per heavy atom. The van der Waals surface area contributed by atoms with Gasteiger partial charge in [-0.25, -0.2) is 17.2 Å². The van der Waals surface area contributed by atoms with E-state index in [0.717, 1.165) is 52.7 Å². The topological polar surface area (TPSA) is 88.6 Å². The number of nitrogens with zero attached hydrogens (tertiary/aromatic N) is 2. The van der Waals surface area contributed by atoms with Crippen molar-refractivity contribution in [3.8, 4) is 6.07 Å². The number of aromatic nitrogens is 1. The zero-order valence-electron chi connectivity index (χ0n) is 19.6. The van der Waals surface area contributed by atoms with Gasteiger partial charge in [0.25, 0.3) is 0 Å². The van der Waals surface area contributed by atoms with Crippen LogP contribution in [0.1, 0.15) is 34.9 Å². The van der Waals surface area contributed by atoms with Crippen molar-refractivity contribution >= 4 is 21.3 Å². The first kappa shape index (κ1) is 25.1. The van der Waals surface area contributed by atoms with Crippen molar-refractivity contribution in [2.24, 2.45) is 0 Å². The molecule has 9 heteroatoms. The maximum atomic E-state index is 15.0. The van der Waals surface area contributed by atoms with Crippen molar-refractivity contribution < 1.29 is 26.7 Å². The summed E-state index contributed by atoms with van der Waals surface area (Å²) in [6.07, 6.45) is 1.91. The van der Waals surface area contributed by atoms with Crippen LogP contribution < -0.4 is 0 Å². The predicted molar refractivity (Wildman–Crippen MR) is 128 cm³/mol. The van der Waals surface area contributed by atoms with E-state index in [1.54, 1.807) is 29.7 Å². The smallest absolute Gasteiger partial charge is 0.310 e. The van der Waals surface area contributed by atoms with Crippen LogP contribution in [0.15, 0.2) is 70.6 Å². The number of rotatable bonds is 7. The Hall–Kier alpha value is -4.03. The van der Waals surface area contributed by atoms with Gasteiger partial charge in [-0.3, -0.25) is 4.79 Å². The number of hydrogen-bond acceptors (Lipinski definition) is 5. The summed E-state index contributed by atoms with van der Waals surface area (Å²) in [6.45, 7) is 3.82. The average Bonchev–Trinajstić information content (AvgIpc) is 3.09. The van der Waals surface area contributed by atoms with E-state index in [-0.39, 0.29) is 30.3 Å². The zero-order chi connectivity index (χ0) is 26.0. The predicted octanol–water partition coefficient (Wildman–Crippen LogP) is 4.93. The van der Waals surface area contributed by atoms with Crippen molar-refractivity contribution in [1.29, 1.82) is 5.26 Å². The van der Waals surface area contributed by atoms with E-state index in [0.29, 0.717) is 11.1 Å². The highest BCUT2D eigenvalue weighted by Crippen LogP contribution is 2.29. The molecule has 0 aliphatic rings. The molecule has 4 rings (SSSR count). The molecule has 2 aromatic carbocycles. The zero-order valence-corrected chi connectivity index (χ0v) is 20.4. The molecule has 6 nitrogen and oxygen atoms in total. The molecule has 36 heavy (non-hydrogen) atoms. The number of benzene rings is 2. The van der Waals surface area contributed by atoms with Gasteiger partial charge in [0.1, 0.15) is 22.6 Å². The Morgan fingerprint density at radius 2 is 1.81 bits per heavy atom. The summed E-state index contributed by atoms with van der Waals surface area (Å²) in [5.41, 5.74) is 3.90. The summed E-state index contributed by atoms with van der Waals surface area (Å²) in [5, 5.41) is 9.36. The Labute approximate surface area is 207 Å². The van der Waals surface area contributed by atoms with E-state index in [2.05, 4.69) is 6.07 Å². The van der Waals surface area contributed by atoms with Gasteiger partial charge in [0.15, 0.2) is 0 Å². The molecule has 0 saturated heterocycles. The first-order chi connectivity index (χ1) is 17.1. The standard InChI is InChI=1S/C27H22F2N2O4S/c1-3-35-27(32)14-22-17(2)25(31-16-19(15-30)4-10-24(22)31)13-18-5-11-26(23(29)12-18)36(33,34)21-8-6-20(28)7-9-21/h4-12,16H,3,13-14H2,1-2H3. The van der Waals surface area contributed by atoms with Crippen LogP contribution in [-0.2, 0) is 32.2 Å². The van der Waals surface area contributed by atoms with Gasteiger partial charge >= 0.3 is 5.97 Å². The number of fused-ring (bicyclic) bond motifs is 1. The van der Waals surface area contributed by atoms with Crippen LogP contribution in [0.3, 0.4) is 0 Å². The van der Waals surface area contributed by atoms with Gasteiger partial charge in [-0.1, -0.05) is 6.07 Å². The molecule has 0 bridgehead atoms. The van der Waals surface area contributed by atoms with E-state index in [1.165, 1.54) is 12.1 Å². The summed E-state index contributed by atoms with van der Waals surface area (Å²) in [6, 6.07) is 13.5. The maximum absolute atomic E-state index is 15.0. The van der Waals surface area contributed by atoms with Gasteiger partial charge < -0.3 is 9.14 Å². The third-order valence-electron chi connectivity index (χ3n) is 5.97. The maximum Gasteiger partial charge on any atom is 0.310 e. The molecule has 0 saturated carbocycles. The van der Waals surface area contributed by atoms with E-state index in [1.807, 2.05) is 6.92 Å². The number of carbonyl (C=O) groups is 1. The molecule has 2 heterocycles. The fraction of sp³-hybridized carbons (Fsp3) is 0.185. The molecule has 184 valence electrons. The third kappa shape index (κ3) is 4.72. The van der Waals surface area contributed by atoms with Crippen LogP contribution in [0, 0.1) is 29.9 Å². The first-order valence-electron chi connectivity index (χ1n) is 11.1. The van der Waals surface area contributed by atoms with Gasteiger partial charge in [-0.2, -0.15) is 5.26 Å². The van der Waals surface area contributed by atoms with E-state index >= 15 is 4.39 Å². The second-order valence-corrected chi connectivity index (χ2v) is 10.1. The number of pyridine rings is 1. The summed E-state index contributed by atoms with van der Waals surface area (Å²) >= 11 is 0. The number of carbonyl (C=O) groups excluding carboxylic acids is 1. The van der Waals surface area contributed by atoms with Crippen molar-refractivity contribution in [2.75, 3.05) is 6.61 Å². The minimum Gasteiger partial charge on any atom is -0.466 e. The summed E-state index contributed by atoms with van der Waals surface area (Å²) in [7, 11) is -4.18. The van der Waals surface area contributed by atoms with E-state index < -0.39 is 26.4 Å². The quantitative estimate of drug-likeness (QED) is 0.261. The molecule has 0 amide bonds. The largest absolute Gasteiger partial charge is 0.466 e. The molecule has 0 unspecified atom stereocenters. The van der Waals surface area contributed by atoms with Gasteiger partial charge in [-0.05, 0) is 79.1 Å². The normalized spacial score (nSPS) is 11.4. The Balaban J connectivity index is 1.74. The number of halogens is 2. The molecule has 0 radical (unpaired) electrons. The fourth-order valence-corrected chi connectivity index (χ4v) is 5.50. The lowest BCUT2D eigenvalue weighted by Crippen LogP contribution is -2.08. The number of sulfone groups is 1. The minimum absolute atomic E-state index is 0.0400. The molecule has 0 aliphatic heterocycles. The van der Waals surface area contributed by atoms with Crippen LogP contribution >= 0.6 is 0 Å². The second kappa shape index (κ2) is 9.91. The highest BCUT2D eigenvalue weighted by Gasteiger charge is 2.23. The van der Waals surface area contributed by atoms with Gasteiger partial charge in [-0.15, -0.1) is 0 Å². The van der Waals surface area contributed by atoms with Crippen LogP contribution in [0.4, 0.5) is 8.78 Å². The number of hydrogen-bond donors (Lipinski definition) is 0. The lowest BCUT2D eigenvalue weighted by atomic mass is 10.0. The Kier molecular flexibility index (Phi) is 6.91. The second-order valence-electron chi connectivity index (χ2n) is 8.22. The van der Waals surface area contributed by atoms with Crippen molar-refractivity contribution in [3.05, 3.63) is 100 Å². The van der Waals surface area contributed by atoms with Gasteiger partial charge in [0.05, 0.1) is 23.5 Å². The lowest BCUT2D eigenvalue weighted by molar-refractivity contribution is -0.142. The molecule has 0 N–H and O–H groups in total. The SMILES string of the molecule is CCOC(=O)Cc1c(C)c(Cc2ccc(S(=O)(=O)c3ccc(F)cc3)c(F)c2)n2cc(C#N)ccc12. The van der Waals surface area contributed by atoms with Gasteiger partial charge in [0.2, 0.25) is 9.84 Å². The van der Waals surface area contributed by atoms with Crippen LogP contribution in [0.25, 0.3) is 5.52 Å². The molecular weight excluding hydrogens is 486 g/mol. The fourth-order valence-electron chi connectivity index (χ4n) is 4.19. The number of ether oxygens (including phenoxy) is 1. The molecule has 4 aromatic rings. The summed E-state index contributed by atoms with van der Waals surface area (Å²) in [5.74, 6) is -1.91. The van der Waals surface area contributed by atoms with E-state index in [9.17, 15) is 22.9 Å². The van der Waals surface area contributed by atoms with Crippen molar-refractivity contribution in [1.82, 2.24) is 4.40 Å². The van der Waals surface area contributed by atoms with Crippen LogP contribution in [-0.4, -0.2) is 25.4 Å². The molecule has 0 spiro atoms. The third-order valence-corrected chi connectivity index (χ3v) is 7.77. The Morgan fingerprint density at radius 3 is 2.44 bits per heavy atom. The average molecular weight is 509 g/mol. The number of nitriles is 1. The Bertz CT molecular complexity index is 1620. The van der Waals surface area contributed by atoms with Crippen molar-refractivity contribution in [2.45, 2.75) is 36.5 Å². The lowest BCUT2D eigenvalue weighted by Gasteiger charge is -2.09. The van der Waals surface area contributed by atoms with Crippen LogP contribution in [0.2, 0.25) is 0 Å². The van der Waals surface area contributed by atoms with Gasteiger partial charge in [0, 0.05) is 23.8 Å². The molecular formula is C27H22F2N2O4S. The van der Waals surface area contributed by atoms with E-state index in [4.69, 9.17) is 4.74 Å². The highest BCUT2D eigenvalue weighted by atomic mass is 32.2. The van der Waals surface area contributed by atoms with Crippen molar-refractivity contribution in [3.63, 3.8) is 0 Å². The van der Waals surface area contributed by atoms with Crippen LogP contribution in [0.5, 0.6) is 0 Å². The number of esters is 1. The molecule has 0 fully saturated rings. The minimum atomic E-state index is -4.18. The highest BCUT2D eigenvalue weighted by molar-refractivity contribution is 7.91. The monoisotopic (exact) mass is 508 g/mol. The summed E-state index contributed by atoms with van der Waals surface area (Å²) < 4.78 is 60.8. The molecule has 0 aliphatic carbocycles. The summed E-state index contributed by atoms with van der Waals surface area (Å²) in [4.78, 5) is 11.5.